The zero-order valence-corrected chi connectivity index (χ0v) is 27.9. The molecule has 0 spiro atoms. The second-order valence-electron chi connectivity index (χ2n) is 11.4. The molecule has 0 N–H and O–H groups in total. The molecule has 0 saturated carbocycles. The van der Waals surface area contributed by atoms with Crippen molar-refractivity contribution in [3.8, 4) is 39.9 Å². The lowest BCUT2D eigenvalue weighted by atomic mass is 10.0. The molecule has 55 heavy (non-hydrogen) atoms. The summed E-state index contributed by atoms with van der Waals surface area (Å²) in [6.07, 6.45) is 0. The molecule has 0 aliphatic rings. The minimum Gasteiger partial charge on any atom is -0.486 e. The van der Waals surface area contributed by atoms with Gasteiger partial charge in [-0.2, -0.15) is 17.6 Å². The van der Waals surface area contributed by atoms with E-state index in [4.69, 9.17) is 18.9 Å². The average Bonchev–Trinajstić information content (AvgIpc) is 3.21. The van der Waals surface area contributed by atoms with Crippen LogP contribution in [0.2, 0.25) is 0 Å². The van der Waals surface area contributed by atoms with Gasteiger partial charge >= 0.3 is 5.97 Å². The summed E-state index contributed by atoms with van der Waals surface area (Å²) < 4.78 is 144. The van der Waals surface area contributed by atoms with Crippen LogP contribution >= 0.6 is 0 Å². The van der Waals surface area contributed by atoms with Gasteiger partial charge in [0, 0.05) is 6.07 Å². The van der Waals surface area contributed by atoms with Gasteiger partial charge in [0.25, 0.3) is 0 Å². The summed E-state index contributed by atoms with van der Waals surface area (Å²) in [5.74, 6) is -21.7. The Morgan fingerprint density at radius 3 is 1.51 bits per heavy atom. The highest BCUT2D eigenvalue weighted by molar-refractivity contribution is 5.89. The Morgan fingerprint density at radius 2 is 1.02 bits per heavy atom. The number of nitrogens with zero attached hydrogens (tertiary/aromatic N) is 1. The van der Waals surface area contributed by atoms with Crippen molar-refractivity contribution in [2.75, 3.05) is 0 Å². The lowest BCUT2D eigenvalue weighted by Crippen LogP contribution is -2.09. The lowest BCUT2D eigenvalue weighted by molar-refractivity contribution is 0.0472. The SMILES string of the molecule is C=C=Nc1ccc(Oc2c(F)c(F)c(-c3c(F)c(F)c(Oc4ccc(C(=O)OCc5ccccc5)cc4)c(F)c3F)c(F)c2F)cc1OCc1ccccc1. The van der Waals surface area contributed by atoms with Crippen LogP contribution in [0.15, 0.2) is 115 Å². The Morgan fingerprint density at radius 1 is 0.564 bits per heavy atom. The van der Waals surface area contributed by atoms with Gasteiger partial charge in [0.05, 0.1) is 16.7 Å². The van der Waals surface area contributed by atoms with Crippen LogP contribution in [0, 0.1) is 46.5 Å². The molecule has 0 bridgehead atoms. The summed E-state index contributed by atoms with van der Waals surface area (Å²) in [6.45, 7) is 3.30. The Balaban J connectivity index is 1.26. The number of ether oxygens (including phenoxy) is 4. The van der Waals surface area contributed by atoms with Crippen LogP contribution in [-0.4, -0.2) is 11.8 Å². The molecule has 0 aliphatic heterocycles. The second kappa shape index (κ2) is 16.4. The van der Waals surface area contributed by atoms with E-state index in [-0.39, 0.29) is 30.2 Å². The number of carbonyl (C=O) groups is 1. The molecule has 0 aliphatic carbocycles. The van der Waals surface area contributed by atoms with E-state index in [0.717, 1.165) is 42.0 Å². The highest BCUT2D eigenvalue weighted by atomic mass is 19.2. The monoisotopic (exact) mass is 761 g/mol. The normalized spacial score (nSPS) is 10.8. The fourth-order valence-corrected chi connectivity index (χ4v) is 5.13. The summed E-state index contributed by atoms with van der Waals surface area (Å²) in [6, 6.07) is 25.2. The van der Waals surface area contributed by atoms with Gasteiger partial charge in [-0.1, -0.05) is 60.7 Å². The van der Waals surface area contributed by atoms with E-state index >= 15 is 35.1 Å². The van der Waals surface area contributed by atoms with Crippen molar-refractivity contribution in [2.24, 2.45) is 4.99 Å². The van der Waals surface area contributed by atoms with Gasteiger partial charge in [-0.05, 0) is 60.0 Å². The molecule has 6 aromatic carbocycles. The lowest BCUT2D eigenvalue weighted by Gasteiger charge is -2.17. The predicted octanol–water partition coefficient (Wildman–Crippen LogP) is 11.5. The van der Waals surface area contributed by atoms with E-state index in [1.807, 2.05) is 0 Å². The predicted molar refractivity (Wildman–Crippen MR) is 184 cm³/mol. The molecule has 0 amide bonds. The minimum absolute atomic E-state index is 0.00298. The van der Waals surface area contributed by atoms with Crippen molar-refractivity contribution in [1.29, 1.82) is 0 Å². The molecule has 6 aromatic rings. The van der Waals surface area contributed by atoms with Crippen LogP contribution in [0.5, 0.6) is 28.7 Å². The van der Waals surface area contributed by atoms with Gasteiger partial charge in [-0.3, -0.25) is 0 Å². The molecule has 6 rings (SSSR count). The first-order valence-corrected chi connectivity index (χ1v) is 15.9. The van der Waals surface area contributed by atoms with Crippen LogP contribution < -0.4 is 14.2 Å². The first-order valence-electron chi connectivity index (χ1n) is 15.9. The van der Waals surface area contributed by atoms with Crippen molar-refractivity contribution in [2.45, 2.75) is 13.2 Å². The summed E-state index contributed by atoms with van der Waals surface area (Å²) in [4.78, 5) is 16.3. The molecule has 0 aromatic heterocycles. The molecular weight excluding hydrogens is 738 g/mol. The fraction of sp³-hybridized carbons (Fsp3) is 0.0488. The third-order valence-electron chi connectivity index (χ3n) is 7.81. The van der Waals surface area contributed by atoms with Crippen LogP contribution in [0.4, 0.5) is 40.8 Å². The maximum Gasteiger partial charge on any atom is 0.338 e. The zero-order valence-electron chi connectivity index (χ0n) is 27.9. The molecule has 6 nitrogen and oxygen atoms in total. The summed E-state index contributed by atoms with van der Waals surface area (Å²) in [5.41, 5.74) is -2.67. The van der Waals surface area contributed by atoms with E-state index in [1.165, 1.54) is 6.07 Å². The molecule has 0 atom stereocenters. The van der Waals surface area contributed by atoms with E-state index in [9.17, 15) is 4.79 Å². The van der Waals surface area contributed by atoms with Crippen molar-refractivity contribution >= 4 is 17.5 Å². The molecular formula is C41H23F8NO5. The number of esters is 1. The van der Waals surface area contributed by atoms with Gasteiger partial charge in [0.1, 0.15) is 36.1 Å². The molecule has 0 radical (unpaired) electrons. The topological polar surface area (TPSA) is 66.4 Å². The first kappa shape index (κ1) is 37.8. The third-order valence-corrected chi connectivity index (χ3v) is 7.81. The van der Waals surface area contributed by atoms with Crippen molar-refractivity contribution in [3.05, 3.63) is 173 Å². The minimum atomic E-state index is -2.45. The number of benzene rings is 6. The van der Waals surface area contributed by atoms with Crippen LogP contribution in [0.1, 0.15) is 21.5 Å². The summed E-state index contributed by atoms with van der Waals surface area (Å²) in [5, 5.41) is 0. The van der Waals surface area contributed by atoms with E-state index in [1.54, 1.807) is 60.7 Å². The molecule has 0 heterocycles. The number of halogens is 8. The van der Waals surface area contributed by atoms with Crippen molar-refractivity contribution in [1.82, 2.24) is 0 Å². The Kier molecular flexibility index (Phi) is 11.3. The fourth-order valence-electron chi connectivity index (χ4n) is 5.13. The van der Waals surface area contributed by atoms with Crippen molar-refractivity contribution < 1.29 is 58.9 Å². The number of rotatable bonds is 12. The third kappa shape index (κ3) is 8.04. The van der Waals surface area contributed by atoms with Gasteiger partial charge < -0.3 is 18.9 Å². The smallest absolute Gasteiger partial charge is 0.338 e. The number of hydrogen-bond donors (Lipinski definition) is 0. The van der Waals surface area contributed by atoms with Crippen LogP contribution in [0.3, 0.4) is 0 Å². The number of carbonyl (C=O) groups excluding carboxylic acids is 1. The largest absolute Gasteiger partial charge is 0.486 e. The highest BCUT2D eigenvalue weighted by Crippen LogP contribution is 2.44. The van der Waals surface area contributed by atoms with Crippen molar-refractivity contribution in [3.63, 3.8) is 0 Å². The Labute approximate surface area is 307 Å². The van der Waals surface area contributed by atoms with Gasteiger partial charge in [-0.15, -0.1) is 0 Å². The summed E-state index contributed by atoms with van der Waals surface area (Å²) >= 11 is 0. The molecule has 0 unspecified atom stereocenters. The van der Waals surface area contributed by atoms with Gasteiger partial charge in [-0.25, -0.2) is 27.3 Å². The highest BCUT2D eigenvalue weighted by Gasteiger charge is 2.36. The van der Waals surface area contributed by atoms with Crippen LogP contribution in [0.25, 0.3) is 11.1 Å². The standard InChI is InChI=1S/C41H23F8NO5/c1-2-50-27-18-17-26(19-28(27)52-20-22-9-5-3-6-10-22)55-40-37(48)33(44)30(34(45)38(40)49)29-31(42)35(46)39(36(47)32(29)43)54-25-15-13-24(14-16-25)41(51)53-21-23-11-7-4-8-12-23/h3-19H,1,20-21H2. The molecule has 14 heteroatoms. The van der Waals surface area contributed by atoms with E-state index in [0.29, 0.717) is 5.56 Å². The Hall–Kier alpha value is -6.92. The number of hydrogen-bond acceptors (Lipinski definition) is 6. The zero-order chi connectivity index (χ0) is 39.2. The first-order chi connectivity index (χ1) is 26.5. The van der Waals surface area contributed by atoms with E-state index in [2.05, 4.69) is 17.4 Å². The second-order valence-corrected chi connectivity index (χ2v) is 11.4. The maximum atomic E-state index is 15.4. The summed E-state index contributed by atoms with van der Waals surface area (Å²) in [7, 11) is 0. The maximum absolute atomic E-state index is 15.4. The van der Waals surface area contributed by atoms with E-state index < -0.39 is 86.6 Å². The molecule has 278 valence electrons. The molecule has 0 fully saturated rings. The van der Waals surface area contributed by atoms with Crippen LogP contribution in [-0.2, 0) is 18.0 Å². The van der Waals surface area contributed by atoms with Gasteiger partial charge in [0.15, 0.2) is 23.3 Å². The van der Waals surface area contributed by atoms with Gasteiger partial charge in [0.2, 0.25) is 34.8 Å². The quantitative estimate of drug-likeness (QED) is 0.0538. The molecule has 0 saturated heterocycles. The number of aliphatic imine (C=N–C) groups is 1. The Bertz CT molecular complexity index is 2380. The average molecular weight is 762 g/mol.